The number of rotatable bonds is 3. The van der Waals surface area contributed by atoms with Crippen LogP contribution in [0.15, 0.2) is 36.4 Å². The zero-order valence-corrected chi connectivity index (χ0v) is 11.3. The molecule has 0 aliphatic rings. The summed E-state index contributed by atoms with van der Waals surface area (Å²) in [5.41, 5.74) is 1.53. The Morgan fingerprint density at radius 3 is 2.25 bits per heavy atom. The smallest absolute Gasteiger partial charge is 0.151 e. The van der Waals surface area contributed by atoms with Crippen molar-refractivity contribution < 1.29 is 8.78 Å². The van der Waals surface area contributed by atoms with Gasteiger partial charge in [0.2, 0.25) is 0 Å². The van der Waals surface area contributed by atoms with Crippen molar-refractivity contribution in [3.8, 4) is 6.07 Å². The number of benzene rings is 2. The first-order valence-electron chi connectivity index (χ1n) is 6.30. The molecular formula is C16H14F2N2. The number of hydrogen-bond donors (Lipinski definition) is 0. The van der Waals surface area contributed by atoms with Gasteiger partial charge in [-0.1, -0.05) is 18.2 Å². The van der Waals surface area contributed by atoms with E-state index >= 15 is 0 Å². The maximum Gasteiger partial charge on any atom is 0.151 e. The SMILES string of the molecule is CCN(c1ccccc1C)c1c(F)cc(C#N)cc1F. The second kappa shape index (κ2) is 5.70. The van der Waals surface area contributed by atoms with Gasteiger partial charge in [-0.15, -0.1) is 0 Å². The van der Waals surface area contributed by atoms with Gasteiger partial charge in [0.15, 0.2) is 11.6 Å². The summed E-state index contributed by atoms with van der Waals surface area (Å²) in [5, 5.41) is 8.74. The monoisotopic (exact) mass is 272 g/mol. The quantitative estimate of drug-likeness (QED) is 0.832. The average molecular weight is 272 g/mol. The molecule has 0 heterocycles. The molecule has 4 heteroatoms. The summed E-state index contributed by atoms with van der Waals surface area (Å²) >= 11 is 0. The Hall–Kier alpha value is -2.41. The molecule has 102 valence electrons. The summed E-state index contributed by atoms with van der Waals surface area (Å²) in [4.78, 5) is 1.57. The number of nitriles is 1. The molecule has 2 aromatic rings. The molecule has 0 bridgehead atoms. The number of para-hydroxylation sites is 1. The van der Waals surface area contributed by atoms with Crippen molar-refractivity contribution in [2.75, 3.05) is 11.4 Å². The van der Waals surface area contributed by atoms with Crippen LogP contribution in [0.5, 0.6) is 0 Å². The molecule has 0 aliphatic heterocycles. The van der Waals surface area contributed by atoms with Crippen LogP contribution in [0.4, 0.5) is 20.2 Å². The summed E-state index contributed by atoms with van der Waals surface area (Å²) < 4.78 is 28.2. The maximum absolute atomic E-state index is 14.1. The molecule has 0 saturated carbocycles. The van der Waals surface area contributed by atoms with Crippen molar-refractivity contribution in [1.82, 2.24) is 0 Å². The van der Waals surface area contributed by atoms with Gasteiger partial charge >= 0.3 is 0 Å². The fourth-order valence-corrected chi connectivity index (χ4v) is 2.20. The van der Waals surface area contributed by atoms with Crippen LogP contribution >= 0.6 is 0 Å². The van der Waals surface area contributed by atoms with Gasteiger partial charge in [-0.3, -0.25) is 0 Å². The Labute approximate surface area is 116 Å². The van der Waals surface area contributed by atoms with Crippen LogP contribution in [0.1, 0.15) is 18.1 Å². The molecule has 0 atom stereocenters. The van der Waals surface area contributed by atoms with Crippen molar-refractivity contribution in [2.45, 2.75) is 13.8 Å². The van der Waals surface area contributed by atoms with E-state index in [1.165, 1.54) is 0 Å². The van der Waals surface area contributed by atoms with Crippen LogP contribution < -0.4 is 4.90 Å². The molecule has 0 aliphatic carbocycles. The number of anilines is 2. The maximum atomic E-state index is 14.1. The topological polar surface area (TPSA) is 27.0 Å². The number of nitrogens with zero attached hydrogens (tertiary/aromatic N) is 2. The Bertz CT molecular complexity index is 651. The molecule has 0 unspecified atom stereocenters. The summed E-state index contributed by atoms with van der Waals surface area (Å²) in [7, 11) is 0. The van der Waals surface area contributed by atoms with Crippen molar-refractivity contribution in [3.63, 3.8) is 0 Å². The molecule has 0 amide bonds. The van der Waals surface area contributed by atoms with Gasteiger partial charge in [0.25, 0.3) is 0 Å². The third kappa shape index (κ3) is 2.48. The number of aryl methyl sites for hydroxylation is 1. The van der Waals surface area contributed by atoms with Gasteiger partial charge in [0.05, 0.1) is 11.6 Å². The molecular weight excluding hydrogens is 258 g/mol. The zero-order chi connectivity index (χ0) is 14.7. The minimum atomic E-state index is -0.730. The first-order valence-corrected chi connectivity index (χ1v) is 6.30. The van der Waals surface area contributed by atoms with Crippen LogP contribution in [0.3, 0.4) is 0 Å². The van der Waals surface area contributed by atoms with E-state index < -0.39 is 11.6 Å². The summed E-state index contributed by atoms with van der Waals surface area (Å²) in [5.74, 6) is -1.46. The lowest BCUT2D eigenvalue weighted by Gasteiger charge is -2.26. The first kappa shape index (κ1) is 14.0. The first-order chi connectivity index (χ1) is 9.58. The van der Waals surface area contributed by atoms with E-state index in [2.05, 4.69) is 0 Å². The Morgan fingerprint density at radius 2 is 1.75 bits per heavy atom. The molecule has 0 N–H and O–H groups in total. The van der Waals surface area contributed by atoms with Gasteiger partial charge in [-0.05, 0) is 37.6 Å². The van der Waals surface area contributed by atoms with Gasteiger partial charge in [-0.25, -0.2) is 8.78 Å². The minimum Gasteiger partial charge on any atom is -0.337 e. The van der Waals surface area contributed by atoms with Crippen molar-refractivity contribution in [1.29, 1.82) is 5.26 Å². The van der Waals surface area contributed by atoms with Crippen molar-refractivity contribution >= 4 is 11.4 Å². The highest BCUT2D eigenvalue weighted by molar-refractivity contribution is 5.67. The molecule has 0 aromatic heterocycles. The van der Waals surface area contributed by atoms with Crippen LogP contribution in [-0.2, 0) is 0 Å². The molecule has 2 aromatic carbocycles. The van der Waals surface area contributed by atoms with E-state index in [4.69, 9.17) is 5.26 Å². The van der Waals surface area contributed by atoms with Crippen LogP contribution in [0.25, 0.3) is 0 Å². The molecule has 0 fully saturated rings. The van der Waals surface area contributed by atoms with E-state index in [0.29, 0.717) is 6.54 Å². The molecule has 2 rings (SSSR count). The van der Waals surface area contributed by atoms with Gasteiger partial charge in [-0.2, -0.15) is 5.26 Å². The van der Waals surface area contributed by atoms with Crippen LogP contribution in [0, 0.1) is 29.9 Å². The highest BCUT2D eigenvalue weighted by Gasteiger charge is 2.19. The van der Waals surface area contributed by atoms with E-state index in [-0.39, 0.29) is 11.3 Å². The van der Waals surface area contributed by atoms with E-state index in [0.717, 1.165) is 23.4 Å². The van der Waals surface area contributed by atoms with Gasteiger partial charge in [0.1, 0.15) is 5.69 Å². The third-order valence-electron chi connectivity index (χ3n) is 3.14. The molecule has 0 radical (unpaired) electrons. The Balaban J connectivity index is 2.59. The highest BCUT2D eigenvalue weighted by Crippen LogP contribution is 2.32. The second-order valence-corrected chi connectivity index (χ2v) is 4.43. The second-order valence-electron chi connectivity index (χ2n) is 4.43. The van der Waals surface area contributed by atoms with E-state index in [9.17, 15) is 8.78 Å². The average Bonchev–Trinajstić information content (AvgIpc) is 2.43. The summed E-state index contributed by atoms with van der Waals surface area (Å²) in [6.45, 7) is 4.13. The fourth-order valence-electron chi connectivity index (χ4n) is 2.20. The van der Waals surface area contributed by atoms with Gasteiger partial charge in [0, 0.05) is 12.2 Å². The van der Waals surface area contributed by atoms with Crippen molar-refractivity contribution in [2.24, 2.45) is 0 Å². The minimum absolute atomic E-state index is 0.0235. The summed E-state index contributed by atoms with van der Waals surface area (Å²) in [6, 6.07) is 11.3. The lowest BCUT2D eigenvalue weighted by atomic mass is 10.1. The predicted molar refractivity (Wildman–Crippen MR) is 74.9 cm³/mol. The molecule has 20 heavy (non-hydrogen) atoms. The molecule has 0 saturated heterocycles. The third-order valence-corrected chi connectivity index (χ3v) is 3.14. The number of hydrogen-bond acceptors (Lipinski definition) is 2. The highest BCUT2D eigenvalue weighted by atomic mass is 19.1. The standard InChI is InChI=1S/C16H14F2N2/c1-3-20(15-7-5-4-6-11(15)2)16-13(17)8-12(10-19)9-14(16)18/h4-9H,3H2,1-2H3. The lowest BCUT2D eigenvalue weighted by molar-refractivity contribution is 0.580. The van der Waals surface area contributed by atoms with Crippen LogP contribution in [0.2, 0.25) is 0 Å². The largest absolute Gasteiger partial charge is 0.337 e. The number of halogens is 2. The fraction of sp³-hybridized carbons (Fsp3) is 0.188. The van der Waals surface area contributed by atoms with Gasteiger partial charge < -0.3 is 4.90 Å². The van der Waals surface area contributed by atoms with Crippen LogP contribution in [-0.4, -0.2) is 6.54 Å². The van der Waals surface area contributed by atoms with E-state index in [1.807, 2.05) is 38.1 Å². The Kier molecular flexibility index (Phi) is 3.99. The zero-order valence-electron chi connectivity index (χ0n) is 11.3. The summed E-state index contributed by atoms with van der Waals surface area (Å²) in [6.07, 6.45) is 0. The lowest BCUT2D eigenvalue weighted by Crippen LogP contribution is -2.20. The van der Waals surface area contributed by atoms with Crippen molar-refractivity contribution in [3.05, 3.63) is 59.2 Å². The normalized spacial score (nSPS) is 10.2. The Morgan fingerprint density at radius 1 is 1.15 bits per heavy atom. The predicted octanol–water partition coefficient (Wildman–Crippen LogP) is 4.30. The molecule has 2 nitrogen and oxygen atoms in total. The van der Waals surface area contributed by atoms with E-state index in [1.54, 1.807) is 11.0 Å². The molecule has 0 spiro atoms.